The number of aromatic nitrogens is 4. The Hall–Kier alpha value is -2.28. The van der Waals surface area contributed by atoms with Crippen LogP contribution in [0.1, 0.15) is 51.4 Å². The van der Waals surface area contributed by atoms with Gasteiger partial charge in [-0.3, -0.25) is 4.98 Å². The third kappa shape index (κ3) is 4.66. The number of thiazole rings is 1. The van der Waals surface area contributed by atoms with E-state index in [9.17, 15) is 0 Å². The summed E-state index contributed by atoms with van der Waals surface area (Å²) in [7, 11) is 0. The molecule has 0 bridgehead atoms. The minimum Gasteiger partial charge on any atom is -0.367 e. The second-order valence-electron chi connectivity index (χ2n) is 8.62. The van der Waals surface area contributed by atoms with E-state index in [1.807, 2.05) is 19.2 Å². The standard InChI is InChI=1S/C22H30N6S/c1-12(2)10-13(3)25-20-18(14(4)26-22(28-20)24-11-16-6-7-16)21-27-19-15(5)23-9-8-17(19)29-21/h8-9,12-13,16H,6-7,10-11H2,1-5H3,(H2,24,25,26,28). The molecule has 0 amide bonds. The number of nitrogens with zero attached hydrogens (tertiary/aromatic N) is 4. The Kier molecular flexibility index (Phi) is 5.67. The van der Waals surface area contributed by atoms with Crippen molar-refractivity contribution in [2.24, 2.45) is 11.8 Å². The smallest absolute Gasteiger partial charge is 0.224 e. The van der Waals surface area contributed by atoms with Gasteiger partial charge in [-0.25, -0.2) is 9.97 Å². The zero-order valence-electron chi connectivity index (χ0n) is 17.9. The van der Waals surface area contributed by atoms with Crippen molar-refractivity contribution in [3.8, 4) is 10.6 Å². The topological polar surface area (TPSA) is 75.6 Å². The highest BCUT2D eigenvalue weighted by Crippen LogP contribution is 2.37. The first kappa shape index (κ1) is 20.0. The van der Waals surface area contributed by atoms with E-state index < -0.39 is 0 Å². The van der Waals surface area contributed by atoms with Crippen LogP contribution < -0.4 is 10.6 Å². The molecule has 0 saturated heterocycles. The number of nitrogens with one attached hydrogen (secondary N) is 2. The molecular formula is C22H30N6S. The van der Waals surface area contributed by atoms with Gasteiger partial charge >= 0.3 is 0 Å². The molecule has 0 aromatic carbocycles. The van der Waals surface area contributed by atoms with Crippen molar-refractivity contribution >= 4 is 33.3 Å². The number of anilines is 2. The van der Waals surface area contributed by atoms with Crippen LogP contribution in [-0.4, -0.2) is 32.5 Å². The predicted molar refractivity (Wildman–Crippen MR) is 122 cm³/mol. The van der Waals surface area contributed by atoms with E-state index in [0.29, 0.717) is 17.9 Å². The van der Waals surface area contributed by atoms with Crippen LogP contribution in [0.2, 0.25) is 0 Å². The van der Waals surface area contributed by atoms with Crippen LogP contribution in [0, 0.1) is 25.7 Å². The Morgan fingerprint density at radius 3 is 2.59 bits per heavy atom. The Labute approximate surface area is 176 Å². The lowest BCUT2D eigenvalue weighted by Crippen LogP contribution is -2.20. The Balaban J connectivity index is 1.73. The Morgan fingerprint density at radius 1 is 1.10 bits per heavy atom. The quantitative estimate of drug-likeness (QED) is 0.515. The number of pyridine rings is 1. The van der Waals surface area contributed by atoms with Crippen LogP contribution >= 0.6 is 11.3 Å². The van der Waals surface area contributed by atoms with E-state index in [2.05, 4.69) is 43.3 Å². The molecule has 1 unspecified atom stereocenters. The molecule has 1 saturated carbocycles. The lowest BCUT2D eigenvalue weighted by molar-refractivity contribution is 0.539. The van der Waals surface area contributed by atoms with E-state index in [1.165, 1.54) is 12.8 Å². The number of aryl methyl sites for hydroxylation is 2. The maximum Gasteiger partial charge on any atom is 0.224 e. The van der Waals surface area contributed by atoms with Crippen molar-refractivity contribution in [1.82, 2.24) is 19.9 Å². The van der Waals surface area contributed by atoms with Crippen LogP contribution in [0.15, 0.2) is 12.3 Å². The maximum atomic E-state index is 4.90. The van der Waals surface area contributed by atoms with Crippen molar-refractivity contribution in [1.29, 1.82) is 0 Å². The van der Waals surface area contributed by atoms with E-state index in [4.69, 9.17) is 15.0 Å². The first-order valence-corrected chi connectivity index (χ1v) is 11.3. The monoisotopic (exact) mass is 410 g/mol. The molecule has 0 aliphatic heterocycles. The second kappa shape index (κ2) is 8.22. The molecule has 2 N–H and O–H groups in total. The first-order valence-electron chi connectivity index (χ1n) is 10.5. The average Bonchev–Trinajstić information content (AvgIpc) is 3.37. The fraction of sp³-hybridized carbons (Fsp3) is 0.545. The molecule has 6 nitrogen and oxygen atoms in total. The summed E-state index contributed by atoms with van der Waals surface area (Å²) in [6.07, 6.45) is 5.54. The summed E-state index contributed by atoms with van der Waals surface area (Å²) in [5.74, 6) is 2.96. The molecule has 7 heteroatoms. The Morgan fingerprint density at radius 2 is 1.90 bits per heavy atom. The van der Waals surface area contributed by atoms with E-state index in [1.54, 1.807) is 11.3 Å². The molecule has 154 valence electrons. The van der Waals surface area contributed by atoms with Gasteiger partial charge in [0.15, 0.2) is 0 Å². The summed E-state index contributed by atoms with van der Waals surface area (Å²) in [5.41, 5.74) is 3.86. The highest BCUT2D eigenvalue weighted by Gasteiger charge is 2.23. The molecule has 0 spiro atoms. The zero-order valence-corrected chi connectivity index (χ0v) is 18.7. The molecule has 3 heterocycles. The minimum atomic E-state index is 0.317. The minimum absolute atomic E-state index is 0.317. The van der Waals surface area contributed by atoms with Gasteiger partial charge in [0, 0.05) is 18.8 Å². The van der Waals surface area contributed by atoms with Crippen molar-refractivity contribution in [2.75, 3.05) is 17.2 Å². The number of fused-ring (bicyclic) bond motifs is 1. The van der Waals surface area contributed by atoms with Gasteiger partial charge in [0.25, 0.3) is 0 Å². The largest absolute Gasteiger partial charge is 0.367 e. The van der Waals surface area contributed by atoms with Gasteiger partial charge in [-0.2, -0.15) is 4.98 Å². The van der Waals surface area contributed by atoms with Gasteiger partial charge in [0.05, 0.1) is 21.7 Å². The van der Waals surface area contributed by atoms with Gasteiger partial charge in [-0.15, -0.1) is 11.3 Å². The van der Waals surface area contributed by atoms with Gasteiger partial charge in [-0.1, -0.05) is 13.8 Å². The molecule has 1 aliphatic rings. The lowest BCUT2D eigenvalue weighted by Gasteiger charge is -2.20. The van der Waals surface area contributed by atoms with Crippen molar-refractivity contribution in [3.05, 3.63) is 23.7 Å². The van der Waals surface area contributed by atoms with Crippen LogP contribution in [0.5, 0.6) is 0 Å². The predicted octanol–water partition coefficient (Wildman–Crippen LogP) is 5.43. The fourth-order valence-corrected chi connectivity index (χ4v) is 4.77. The summed E-state index contributed by atoms with van der Waals surface area (Å²) >= 11 is 1.68. The number of rotatable bonds is 8. The summed E-state index contributed by atoms with van der Waals surface area (Å²) in [6.45, 7) is 11.7. The maximum absolute atomic E-state index is 4.90. The number of hydrogen-bond donors (Lipinski definition) is 2. The van der Waals surface area contributed by atoms with Crippen LogP contribution in [0.3, 0.4) is 0 Å². The lowest BCUT2D eigenvalue weighted by atomic mass is 10.1. The summed E-state index contributed by atoms with van der Waals surface area (Å²) in [6, 6.07) is 2.34. The molecule has 4 rings (SSSR count). The average molecular weight is 411 g/mol. The third-order valence-corrected chi connectivity index (χ3v) is 6.29. The van der Waals surface area contributed by atoms with Crippen molar-refractivity contribution in [2.45, 2.75) is 59.9 Å². The molecule has 1 aliphatic carbocycles. The van der Waals surface area contributed by atoms with Gasteiger partial charge in [-0.05, 0) is 57.9 Å². The van der Waals surface area contributed by atoms with Gasteiger partial charge < -0.3 is 10.6 Å². The fourth-order valence-electron chi connectivity index (χ4n) is 3.66. The van der Waals surface area contributed by atoms with E-state index in [-0.39, 0.29) is 0 Å². The first-order chi connectivity index (χ1) is 13.9. The van der Waals surface area contributed by atoms with Crippen molar-refractivity contribution in [3.63, 3.8) is 0 Å². The SMILES string of the molecule is Cc1nc(NCC2CC2)nc(NC(C)CC(C)C)c1-c1nc2c(C)nccc2s1. The molecule has 29 heavy (non-hydrogen) atoms. The van der Waals surface area contributed by atoms with Gasteiger partial charge in [0.1, 0.15) is 16.3 Å². The zero-order chi connectivity index (χ0) is 20.5. The van der Waals surface area contributed by atoms with Crippen LogP contribution in [0.4, 0.5) is 11.8 Å². The van der Waals surface area contributed by atoms with Crippen molar-refractivity contribution < 1.29 is 0 Å². The molecule has 3 aromatic rings. The normalized spacial score (nSPS) is 15.1. The van der Waals surface area contributed by atoms with Crippen LogP contribution in [-0.2, 0) is 0 Å². The third-order valence-electron chi connectivity index (χ3n) is 5.25. The summed E-state index contributed by atoms with van der Waals surface area (Å²) in [4.78, 5) is 18.9. The van der Waals surface area contributed by atoms with Crippen LogP contribution in [0.25, 0.3) is 20.8 Å². The molecule has 3 aromatic heterocycles. The van der Waals surface area contributed by atoms with Gasteiger partial charge in [0.2, 0.25) is 5.95 Å². The van der Waals surface area contributed by atoms with E-state index >= 15 is 0 Å². The summed E-state index contributed by atoms with van der Waals surface area (Å²) in [5, 5.41) is 8.02. The highest BCUT2D eigenvalue weighted by atomic mass is 32.1. The number of hydrogen-bond acceptors (Lipinski definition) is 7. The molecule has 0 radical (unpaired) electrons. The highest BCUT2D eigenvalue weighted by molar-refractivity contribution is 7.21. The van der Waals surface area contributed by atoms with E-state index in [0.717, 1.165) is 56.9 Å². The molecule has 1 fully saturated rings. The summed E-state index contributed by atoms with van der Waals surface area (Å²) < 4.78 is 1.14. The molecular weight excluding hydrogens is 380 g/mol. The molecule has 1 atom stereocenters. The Bertz CT molecular complexity index is 1010. The second-order valence-corrected chi connectivity index (χ2v) is 9.65.